The SMILES string of the molecule is Cc1nc(C)c(C(=O)OC[C@@H]2CCOc3ccccc32)o1. The third kappa shape index (κ3) is 2.77. The number of ether oxygens (including phenoxy) is 2. The molecule has 1 aliphatic heterocycles. The summed E-state index contributed by atoms with van der Waals surface area (Å²) in [7, 11) is 0. The van der Waals surface area contributed by atoms with Gasteiger partial charge in [-0.25, -0.2) is 9.78 Å². The summed E-state index contributed by atoms with van der Waals surface area (Å²) in [5.74, 6) is 1.22. The highest BCUT2D eigenvalue weighted by Crippen LogP contribution is 2.33. The van der Waals surface area contributed by atoms with Crippen LogP contribution in [-0.2, 0) is 4.74 Å². The number of rotatable bonds is 3. The predicted octanol–water partition coefficient (Wildman–Crippen LogP) is 3.01. The van der Waals surface area contributed by atoms with E-state index in [1.807, 2.05) is 24.3 Å². The molecule has 0 bridgehead atoms. The van der Waals surface area contributed by atoms with Gasteiger partial charge in [-0.2, -0.15) is 0 Å². The van der Waals surface area contributed by atoms with E-state index in [2.05, 4.69) is 4.98 Å². The minimum Gasteiger partial charge on any atom is -0.493 e. The van der Waals surface area contributed by atoms with Crippen LogP contribution in [0.5, 0.6) is 5.75 Å². The van der Waals surface area contributed by atoms with Crippen LogP contribution in [0.2, 0.25) is 0 Å². The van der Waals surface area contributed by atoms with E-state index in [1.165, 1.54) is 0 Å². The zero-order chi connectivity index (χ0) is 14.8. The molecule has 0 fully saturated rings. The lowest BCUT2D eigenvalue weighted by Crippen LogP contribution is -2.20. The Bertz CT molecular complexity index is 662. The predicted molar refractivity (Wildman–Crippen MR) is 75.6 cm³/mol. The van der Waals surface area contributed by atoms with Crippen LogP contribution in [0, 0.1) is 13.8 Å². The molecule has 1 aromatic carbocycles. The van der Waals surface area contributed by atoms with Crippen LogP contribution in [0.25, 0.3) is 0 Å². The number of carbonyl (C=O) groups excluding carboxylic acids is 1. The first-order valence-electron chi connectivity index (χ1n) is 6.98. The first-order chi connectivity index (χ1) is 10.1. The van der Waals surface area contributed by atoms with Crippen LogP contribution in [0.4, 0.5) is 0 Å². The van der Waals surface area contributed by atoms with Crippen LogP contribution in [0.1, 0.15) is 40.0 Å². The number of nitrogens with zero attached hydrogens (tertiary/aromatic N) is 1. The summed E-state index contributed by atoms with van der Waals surface area (Å²) < 4.78 is 16.3. The van der Waals surface area contributed by atoms with Crippen LogP contribution in [0.3, 0.4) is 0 Å². The quantitative estimate of drug-likeness (QED) is 0.812. The van der Waals surface area contributed by atoms with Gasteiger partial charge in [-0.15, -0.1) is 0 Å². The van der Waals surface area contributed by atoms with E-state index < -0.39 is 5.97 Å². The first kappa shape index (κ1) is 13.7. The molecule has 1 aromatic heterocycles. The number of benzene rings is 1. The van der Waals surface area contributed by atoms with Gasteiger partial charge in [0.25, 0.3) is 0 Å². The molecule has 5 nitrogen and oxygen atoms in total. The fraction of sp³-hybridized carbons (Fsp3) is 0.375. The summed E-state index contributed by atoms with van der Waals surface area (Å²) in [4.78, 5) is 16.1. The third-order valence-electron chi connectivity index (χ3n) is 3.59. The zero-order valence-corrected chi connectivity index (χ0v) is 12.1. The Hall–Kier alpha value is -2.30. The summed E-state index contributed by atoms with van der Waals surface area (Å²) in [6, 6.07) is 7.85. The van der Waals surface area contributed by atoms with Crippen molar-refractivity contribution < 1.29 is 18.7 Å². The summed E-state index contributed by atoms with van der Waals surface area (Å²) in [5.41, 5.74) is 1.65. The highest BCUT2D eigenvalue weighted by atomic mass is 16.5. The summed E-state index contributed by atoms with van der Waals surface area (Å²) in [5, 5.41) is 0. The molecule has 2 heterocycles. The van der Waals surface area contributed by atoms with Gasteiger partial charge in [0, 0.05) is 18.4 Å². The van der Waals surface area contributed by atoms with Crippen molar-refractivity contribution in [3.63, 3.8) is 0 Å². The average molecular weight is 287 g/mol. The van der Waals surface area contributed by atoms with Gasteiger partial charge in [0.1, 0.15) is 5.75 Å². The second-order valence-corrected chi connectivity index (χ2v) is 5.12. The fourth-order valence-electron chi connectivity index (χ4n) is 2.55. The Morgan fingerprint density at radius 2 is 2.19 bits per heavy atom. The molecular formula is C16H17NO4. The molecule has 0 unspecified atom stereocenters. The molecule has 5 heteroatoms. The molecule has 0 amide bonds. The molecule has 1 aliphatic rings. The van der Waals surface area contributed by atoms with E-state index in [-0.39, 0.29) is 11.7 Å². The van der Waals surface area contributed by atoms with E-state index >= 15 is 0 Å². The molecule has 110 valence electrons. The Morgan fingerprint density at radius 1 is 1.38 bits per heavy atom. The highest BCUT2D eigenvalue weighted by Gasteiger charge is 2.24. The lowest BCUT2D eigenvalue weighted by molar-refractivity contribution is 0.0421. The minimum absolute atomic E-state index is 0.156. The molecule has 3 rings (SSSR count). The molecule has 0 N–H and O–H groups in total. The number of para-hydroxylation sites is 1. The minimum atomic E-state index is -0.461. The second kappa shape index (κ2) is 5.60. The Balaban J connectivity index is 1.69. The number of fused-ring (bicyclic) bond motifs is 1. The van der Waals surface area contributed by atoms with Crippen molar-refractivity contribution >= 4 is 5.97 Å². The molecule has 2 aromatic rings. The Kier molecular flexibility index (Phi) is 3.64. The van der Waals surface area contributed by atoms with Crippen molar-refractivity contribution in [1.82, 2.24) is 4.98 Å². The van der Waals surface area contributed by atoms with Gasteiger partial charge in [-0.3, -0.25) is 0 Å². The smallest absolute Gasteiger partial charge is 0.376 e. The molecule has 0 aliphatic carbocycles. The number of aryl methyl sites for hydroxylation is 2. The standard InChI is InChI=1S/C16H17NO4/c1-10-15(21-11(2)17-10)16(18)20-9-12-7-8-19-14-6-4-3-5-13(12)14/h3-6,12H,7-9H2,1-2H3/t12-/m0/s1. The maximum atomic E-state index is 12.0. The van der Waals surface area contributed by atoms with Gasteiger partial charge in [0.2, 0.25) is 5.76 Å². The van der Waals surface area contributed by atoms with Crippen LogP contribution >= 0.6 is 0 Å². The van der Waals surface area contributed by atoms with E-state index in [0.29, 0.717) is 24.8 Å². The summed E-state index contributed by atoms with van der Waals surface area (Å²) >= 11 is 0. The van der Waals surface area contributed by atoms with E-state index in [0.717, 1.165) is 17.7 Å². The van der Waals surface area contributed by atoms with Gasteiger partial charge < -0.3 is 13.9 Å². The Labute approximate surface area is 122 Å². The molecular weight excluding hydrogens is 270 g/mol. The lowest BCUT2D eigenvalue weighted by atomic mass is 9.94. The van der Waals surface area contributed by atoms with Gasteiger partial charge in [-0.05, 0) is 19.4 Å². The second-order valence-electron chi connectivity index (χ2n) is 5.12. The number of hydrogen-bond acceptors (Lipinski definition) is 5. The maximum Gasteiger partial charge on any atom is 0.376 e. The number of hydrogen-bond donors (Lipinski definition) is 0. The van der Waals surface area contributed by atoms with Crippen LogP contribution in [-0.4, -0.2) is 24.2 Å². The highest BCUT2D eigenvalue weighted by molar-refractivity contribution is 5.87. The number of aromatic nitrogens is 1. The van der Waals surface area contributed by atoms with Gasteiger partial charge in [0.15, 0.2) is 5.89 Å². The number of oxazole rings is 1. The van der Waals surface area contributed by atoms with Crippen molar-refractivity contribution in [3.8, 4) is 5.75 Å². The van der Waals surface area contributed by atoms with E-state index in [4.69, 9.17) is 13.9 Å². The number of esters is 1. The summed E-state index contributed by atoms with van der Waals surface area (Å²) in [6.45, 7) is 4.40. The van der Waals surface area contributed by atoms with Gasteiger partial charge in [0.05, 0.1) is 18.9 Å². The van der Waals surface area contributed by atoms with Crippen molar-refractivity contribution in [1.29, 1.82) is 0 Å². The van der Waals surface area contributed by atoms with Crippen molar-refractivity contribution in [2.75, 3.05) is 13.2 Å². The van der Waals surface area contributed by atoms with E-state index in [1.54, 1.807) is 13.8 Å². The molecule has 21 heavy (non-hydrogen) atoms. The Morgan fingerprint density at radius 3 is 2.95 bits per heavy atom. The zero-order valence-electron chi connectivity index (χ0n) is 12.1. The molecule has 0 saturated carbocycles. The maximum absolute atomic E-state index is 12.0. The largest absolute Gasteiger partial charge is 0.493 e. The van der Waals surface area contributed by atoms with Gasteiger partial charge >= 0.3 is 5.97 Å². The monoisotopic (exact) mass is 287 g/mol. The summed E-state index contributed by atoms with van der Waals surface area (Å²) in [6.07, 6.45) is 0.832. The van der Waals surface area contributed by atoms with Crippen LogP contribution in [0.15, 0.2) is 28.7 Å². The van der Waals surface area contributed by atoms with Crippen molar-refractivity contribution in [2.24, 2.45) is 0 Å². The molecule has 1 atom stereocenters. The van der Waals surface area contributed by atoms with Crippen molar-refractivity contribution in [3.05, 3.63) is 47.2 Å². The van der Waals surface area contributed by atoms with E-state index in [9.17, 15) is 4.79 Å². The average Bonchev–Trinajstić information content (AvgIpc) is 2.83. The number of carbonyl (C=O) groups is 1. The van der Waals surface area contributed by atoms with Gasteiger partial charge in [-0.1, -0.05) is 18.2 Å². The normalized spacial score (nSPS) is 17.0. The topological polar surface area (TPSA) is 61.6 Å². The lowest BCUT2D eigenvalue weighted by Gasteiger charge is -2.25. The van der Waals surface area contributed by atoms with Crippen molar-refractivity contribution in [2.45, 2.75) is 26.2 Å². The molecule has 0 radical (unpaired) electrons. The first-order valence-corrected chi connectivity index (χ1v) is 6.98. The van der Waals surface area contributed by atoms with Crippen LogP contribution < -0.4 is 4.74 Å². The molecule has 0 spiro atoms. The third-order valence-corrected chi connectivity index (χ3v) is 3.59. The molecule has 0 saturated heterocycles. The fourth-order valence-corrected chi connectivity index (χ4v) is 2.55.